The number of nitrogens with zero attached hydrogens (tertiary/aromatic N) is 1. The second-order valence-corrected chi connectivity index (χ2v) is 4.21. The van der Waals surface area contributed by atoms with Gasteiger partial charge in [-0.2, -0.15) is 13.2 Å². The molecule has 0 saturated heterocycles. The largest absolute Gasteiger partial charge is 0.390 e. The van der Waals surface area contributed by atoms with Crippen molar-refractivity contribution in [3.63, 3.8) is 0 Å². The molecule has 0 atom stereocenters. The van der Waals surface area contributed by atoms with Gasteiger partial charge in [0.1, 0.15) is 5.84 Å². The van der Waals surface area contributed by atoms with Crippen molar-refractivity contribution in [3.05, 3.63) is 35.4 Å². The molecule has 1 aromatic rings. The van der Waals surface area contributed by atoms with E-state index >= 15 is 0 Å². The van der Waals surface area contributed by atoms with Crippen LogP contribution >= 0.6 is 0 Å². The van der Waals surface area contributed by atoms with Gasteiger partial charge in [0.2, 0.25) is 0 Å². The molecule has 6 heteroatoms. The predicted molar refractivity (Wildman–Crippen MR) is 64.5 cm³/mol. The summed E-state index contributed by atoms with van der Waals surface area (Å²) in [6.07, 6.45) is -4.93. The average Bonchev–Trinajstić information content (AvgIpc) is 2.26. The minimum absolute atomic E-state index is 0.0213. The molecular weight excluding hydrogens is 243 g/mol. The van der Waals surface area contributed by atoms with E-state index in [2.05, 4.69) is 0 Å². The fraction of sp³-hybridized carbons (Fsp3) is 0.417. The molecular formula is C12H16F3N3. The Kier molecular flexibility index (Phi) is 4.72. The molecule has 1 aromatic carbocycles. The van der Waals surface area contributed by atoms with Crippen LogP contribution in [0.2, 0.25) is 0 Å². The summed E-state index contributed by atoms with van der Waals surface area (Å²) in [7, 11) is 1.64. The van der Waals surface area contributed by atoms with Crippen LogP contribution in [-0.4, -0.2) is 30.5 Å². The Morgan fingerprint density at radius 1 is 1.28 bits per heavy atom. The lowest BCUT2D eigenvalue weighted by atomic mass is 10.1. The Bertz CT molecular complexity index is 398. The van der Waals surface area contributed by atoms with Crippen LogP contribution < -0.4 is 5.73 Å². The summed E-state index contributed by atoms with van der Waals surface area (Å²) in [5, 5.41) is 7.22. The molecule has 0 aliphatic carbocycles. The number of nitrogens with one attached hydrogen (secondary N) is 1. The summed E-state index contributed by atoms with van der Waals surface area (Å²) in [5.74, 6) is -0.0213. The third-order valence-electron chi connectivity index (χ3n) is 2.49. The molecule has 0 bridgehead atoms. The summed E-state index contributed by atoms with van der Waals surface area (Å²) >= 11 is 0. The highest BCUT2D eigenvalue weighted by Gasteiger charge is 2.26. The quantitative estimate of drug-likeness (QED) is 0.630. The molecule has 0 unspecified atom stereocenters. The molecule has 0 radical (unpaired) electrons. The number of amidine groups is 1. The summed E-state index contributed by atoms with van der Waals surface area (Å²) < 4.78 is 36.1. The smallest absolute Gasteiger partial charge is 0.384 e. The van der Waals surface area contributed by atoms with Gasteiger partial charge in [-0.25, -0.2) is 0 Å². The first kappa shape index (κ1) is 14.5. The lowest BCUT2D eigenvalue weighted by Crippen LogP contribution is -2.24. The molecule has 0 fully saturated rings. The summed E-state index contributed by atoms with van der Waals surface area (Å²) in [5.41, 5.74) is 6.81. The average molecular weight is 259 g/mol. The maximum absolute atomic E-state index is 12.0. The maximum atomic E-state index is 12.0. The number of nitrogens with two attached hydrogens (primary N) is 1. The first-order valence-corrected chi connectivity index (χ1v) is 5.46. The highest BCUT2D eigenvalue weighted by atomic mass is 19.4. The Labute approximate surface area is 104 Å². The van der Waals surface area contributed by atoms with Gasteiger partial charge in [0.05, 0.1) is 6.42 Å². The van der Waals surface area contributed by atoms with Crippen LogP contribution in [0, 0.1) is 5.41 Å². The van der Waals surface area contributed by atoms with E-state index in [1.54, 1.807) is 36.2 Å². The monoisotopic (exact) mass is 259 g/mol. The first-order chi connectivity index (χ1) is 8.28. The van der Waals surface area contributed by atoms with Crippen molar-refractivity contribution >= 4 is 5.84 Å². The number of nitrogen functional groups attached to an aromatic ring is 1. The fourth-order valence-corrected chi connectivity index (χ4v) is 1.50. The van der Waals surface area contributed by atoms with E-state index in [1.165, 1.54) is 0 Å². The molecule has 3 N–H and O–H groups in total. The van der Waals surface area contributed by atoms with Crippen LogP contribution in [-0.2, 0) is 6.54 Å². The van der Waals surface area contributed by atoms with Crippen LogP contribution in [0.25, 0.3) is 0 Å². The molecule has 1 rings (SSSR count). The van der Waals surface area contributed by atoms with E-state index in [0.717, 1.165) is 5.56 Å². The molecule has 18 heavy (non-hydrogen) atoms. The highest BCUT2D eigenvalue weighted by molar-refractivity contribution is 5.94. The minimum atomic E-state index is -4.12. The van der Waals surface area contributed by atoms with Gasteiger partial charge in [0, 0.05) is 18.7 Å². The SMILES string of the molecule is CN(CCC(F)(F)F)Cc1ccc(C(=N)N)cc1. The third kappa shape index (κ3) is 5.18. The normalized spacial score (nSPS) is 11.8. The van der Waals surface area contributed by atoms with Crippen molar-refractivity contribution in [1.82, 2.24) is 4.90 Å². The second-order valence-electron chi connectivity index (χ2n) is 4.21. The van der Waals surface area contributed by atoms with Gasteiger partial charge in [0.25, 0.3) is 0 Å². The molecule has 100 valence electrons. The lowest BCUT2D eigenvalue weighted by molar-refractivity contribution is -0.137. The van der Waals surface area contributed by atoms with Gasteiger partial charge in [-0.3, -0.25) is 5.41 Å². The molecule has 0 heterocycles. The zero-order valence-electron chi connectivity index (χ0n) is 10.1. The van der Waals surface area contributed by atoms with Crippen molar-refractivity contribution < 1.29 is 13.2 Å². The van der Waals surface area contributed by atoms with Crippen LogP contribution in [0.5, 0.6) is 0 Å². The molecule has 0 spiro atoms. The first-order valence-electron chi connectivity index (χ1n) is 5.46. The van der Waals surface area contributed by atoms with Crippen molar-refractivity contribution in [2.45, 2.75) is 19.1 Å². The van der Waals surface area contributed by atoms with Crippen LogP contribution in [0.1, 0.15) is 17.5 Å². The van der Waals surface area contributed by atoms with Gasteiger partial charge in [-0.05, 0) is 12.6 Å². The Morgan fingerprint density at radius 3 is 2.28 bits per heavy atom. The molecule has 0 saturated carbocycles. The second kappa shape index (κ2) is 5.86. The fourth-order valence-electron chi connectivity index (χ4n) is 1.50. The number of hydrogen-bond acceptors (Lipinski definition) is 2. The van der Waals surface area contributed by atoms with E-state index in [1.807, 2.05) is 0 Å². The predicted octanol–water partition coefficient (Wildman–Crippen LogP) is 2.35. The van der Waals surface area contributed by atoms with Crippen molar-refractivity contribution in [1.29, 1.82) is 5.41 Å². The molecule has 0 amide bonds. The summed E-state index contributed by atoms with van der Waals surface area (Å²) in [4.78, 5) is 1.61. The van der Waals surface area contributed by atoms with Crippen molar-refractivity contribution in [3.8, 4) is 0 Å². The topological polar surface area (TPSA) is 53.1 Å². The minimum Gasteiger partial charge on any atom is -0.384 e. The van der Waals surface area contributed by atoms with E-state index in [4.69, 9.17) is 11.1 Å². The zero-order chi connectivity index (χ0) is 13.8. The summed E-state index contributed by atoms with van der Waals surface area (Å²) in [6, 6.07) is 6.91. The van der Waals surface area contributed by atoms with Gasteiger partial charge in [-0.15, -0.1) is 0 Å². The van der Waals surface area contributed by atoms with E-state index in [9.17, 15) is 13.2 Å². The summed E-state index contributed by atoms with van der Waals surface area (Å²) in [6.45, 7) is 0.409. The molecule has 0 aliphatic heterocycles. The number of alkyl halides is 3. The Morgan fingerprint density at radius 2 is 1.83 bits per heavy atom. The standard InChI is InChI=1S/C12H16F3N3/c1-18(7-6-12(13,14)15)8-9-2-4-10(5-3-9)11(16)17/h2-5H,6-8H2,1H3,(H3,16,17). The third-order valence-corrected chi connectivity index (χ3v) is 2.49. The van der Waals surface area contributed by atoms with E-state index in [0.29, 0.717) is 12.1 Å². The number of hydrogen-bond donors (Lipinski definition) is 2. The Balaban J connectivity index is 2.49. The van der Waals surface area contributed by atoms with Gasteiger partial charge >= 0.3 is 6.18 Å². The Hall–Kier alpha value is -1.56. The maximum Gasteiger partial charge on any atom is 0.390 e. The highest BCUT2D eigenvalue weighted by Crippen LogP contribution is 2.19. The molecule has 3 nitrogen and oxygen atoms in total. The lowest BCUT2D eigenvalue weighted by Gasteiger charge is -2.17. The van der Waals surface area contributed by atoms with Gasteiger partial charge in [0.15, 0.2) is 0 Å². The van der Waals surface area contributed by atoms with Crippen LogP contribution in [0.4, 0.5) is 13.2 Å². The molecule has 0 aromatic heterocycles. The zero-order valence-corrected chi connectivity index (χ0v) is 10.1. The number of halogens is 3. The van der Waals surface area contributed by atoms with Crippen molar-refractivity contribution in [2.75, 3.05) is 13.6 Å². The van der Waals surface area contributed by atoms with Crippen LogP contribution in [0.3, 0.4) is 0 Å². The number of benzene rings is 1. The number of rotatable bonds is 5. The van der Waals surface area contributed by atoms with Gasteiger partial charge < -0.3 is 10.6 Å². The van der Waals surface area contributed by atoms with E-state index < -0.39 is 12.6 Å². The molecule has 0 aliphatic rings. The van der Waals surface area contributed by atoms with E-state index in [-0.39, 0.29) is 12.4 Å². The van der Waals surface area contributed by atoms with Crippen LogP contribution in [0.15, 0.2) is 24.3 Å². The van der Waals surface area contributed by atoms with Crippen molar-refractivity contribution in [2.24, 2.45) is 5.73 Å². The van der Waals surface area contributed by atoms with Gasteiger partial charge in [-0.1, -0.05) is 24.3 Å².